The summed E-state index contributed by atoms with van der Waals surface area (Å²) in [6, 6.07) is 0.799. The van der Waals surface area contributed by atoms with E-state index in [2.05, 4.69) is 0 Å². The molecular weight excluding hydrogens is 120 g/mol. The fraction of sp³-hybridized carbons (Fsp3) is 1.00. The van der Waals surface area contributed by atoms with Crippen molar-refractivity contribution in [1.82, 2.24) is 0 Å². The van der Waals surface area contributed by atoms with Gasteiger partial charge in [-0.05, 0) is 19.1 Å². The van der Waals surface area contributed by atoms with Crippen LogP contribution in [0.25, 0.3) is 0 Å². The van der Waals surface area contributed by atoms with Gasteiger partial charge in [0.05, 0.1) is 12.7 Å². The average molecular weight is 131 g/mol. The van der Waals surface area contributed by atoms with E-state index in [0.29, 0.717) is 6.10 Å². The van der Waals surface area contributed by atoms with Crippen molar-refractivity contribution in [3.63, 3.8) is 0 Å². The molecule has 0 amide bonds. The molecule has 1 saturated heterocycles. The Morgan fingerprint density at radius 2 is 2.25 bits per heavy atom. The zero-order valence-electron chi connectivity index (χ0n) is 5.31. The first-order valence-corrected chi connectivity index (χ1v) is 6.01. The van der Waals surface area contributed by atoms with Crippen molar-refractivity contribution in [3.05, 3.63) is 0 Å². The molecule has 0 bridgehead atoms. The minimum atomic E-state index is -2.03. The monoisotopic (exact) mass is 131 g/mol. The van der Waals surface area contributed by atoms with Gasteiger partial charge in [-0.1, -0.05) is 0 Å². The summed E-state index contributed by atoms with van der Waals surface area (Å²) in [7, 11) is -2.03. The van der Waals surface area contributed by atoms with E-state index >= 15 is 0 Å². The van der Waals surface area contributed by atoms with Crippen LogP contribution in [-0.4, -0.2) is 21.0 Å². The van der Waals surface area contributed by atoms with E-state index in [1.165, 1.54) is 0 Å². The molecule has 1 rings (SSSR count). The molecule has 0 spiro atoms. The highest BCUT2D eigenvalue weighted by atomic mass is 28.4. The zero-order chi connectivity index (χ0) is 6.20. The largest absolute Gasteiger partial charge is 0.373 e. The van der Waals surface area contributed by atoms with Crippen molar-refractivity contribution in [1.29, 1.82) is 0 Å². The number of hydrogen-bond acceptors (Lipinski definition) is 1. The molecule has 3 heteroatoms. The third kappa shape index (κ3) is 2.45. The van der Waals surface area contributed by atoms with Crippen LogP contribution in [0.3, 0.4) is 0 Å². The molecule has 1 aliphatic rings. The minimum absolute atomic E-state index is 0.342. The molecule has 0 aromatic carbocycles. The third-order valence-electron chi connectivity index (χ3n) is 1.12. The summed E-state index contributed by atoms with van der Waals surface area (Å²) in [5.74, 6) is 0. The Morgan fingerprint density at radius 1 is 1.75 bits per heavy atom. The lowest BCUT2D eigenvalue weighted by molar-refractivity contribution is 0.390. The number of epoxide rings is 1. The van der Waals surface area contributed by atoms with E-state index in [0.717, 1.165) is 12.7 Å². The van der Waals surface area contributed by atoms with Gasteiger partial charge in [0, 0.05) is 0 Å². The Hall–Kier alpha value is 0.137. The second-order valence-electron chi connectivity index (χ2n) is 2.92. The Morgan fingerprint density at radius 3 is 2.38 bits per heavy atom. The maximum Gasteiger partial charge on any atom is 0.234 e. The summed E-state index contributed by atoms with van der Waals surface area (Å²) in [6.45, 7) is 4.49. The van der Waals surface area contributed by atoms with Gasteiger partial charge in [-0.25, -0.2) is 0 Å². The van der Waals surface area contributed by atoms with Gasteiger partial charge in [0.1, 0.15) is 0 Å². The van der Waals surface area contributed by atoms with Gasteiger partial charge in [-0.3, -0.25) is 4.80 Å². The van der Waals surface area contributed by atoms with E-state index in [-0.39, 0.29) is 0 Å². The smallest absolute Gasteiger partial charge is 0.234 e. The molecule has 1 unspecified atom stereocenters. The van der Waals surface area contributed by atoms with Crippen LogP contribution < -0.4 is 0 Å². The Labute approximate surface area is 50.6 Å². The molecule has 0 saturated carbocycles. The highest BCUT2D eigenvalue weighted by Gasteiger charge is 2.32. The lowest BCUT2D eigenvalue weighted by Crippen LogP contribution is -2.24. The standard InChI is InChI=1S/C5H11O2Si/c1-8(2,6)4-5-3-7-5/h5H,3-4H2,1-2H3. The van der Waals surface area contributed by atoms with Crippen LogP contribution >= 0.6 is 0 Å². The summed E-state index contributed by atoms with van der Waals surface area (Å²) in [4.78, 5) is 11.0. The van der Waals surface area contributed by atoms with Crippen molar-refractivity contribution < 1.29 is 9.53 Å². The van der Waals surface area contributed by atoms with Crippen LogP contribution in [0.5, 0.6) is 0 Å². The van der Waals surface area contributed by atoms with Crippen molar-refractivity contribution in [2.45, 2.75) is 25.2 Å². The number of ether oxygens (including phenoxy) is 1. The van der Waals surface area contributed by atoms with Crippen molar-refractivity contribution in [2.24, 2.45) is 0 Å². The van der Waals surface area contributed by atoms with E-state index in [1.54, 1.807) is 0 Å². The molecule has 1 atom stereocenters. The van der Waals surface area contributed by atoms with E-state index < -0.39 is 8.32 Å². The summed E-state index contributed by atoms with van der Waals surface area (Å²) in [6.07, 6.45) is 0.342. The normalized spacial score (nSPS) is 28.1. The second-order valence-corrected chi connectivity index (χ2v) is 6.85. The van der Waals surface area contributed by atoms with Crippen molar-refractivity contribution >= 4 is 8.32 Å². The van der Waals surface area contributed by atoms with Gasteiger partial charge in [-0.15, -0.1) is 0 Å². The Bertz CT molecular complexity index is 82.9. The summed E-state index contributed by atoms with van der Waals surface area (Å²) < 4.78 is 4.92. The lowest BCUT2D eigenvalue weighted by atomic mass is 10.6. The fourth-order valence-electron chi connectivity index (χ4n) is 0.734. The second kappa shape index (κ2) is 1.82. The fourth-order valence-corrected chi connectivity index (χ4v) is 2.07. The topological polar surface area (TPSA) is 32.4 Å². The maximum atomic E-state index is 11.0. The maximum absolute atomic E-state index is 11.0. The predicted molar refractivity (Wildman–Crippen MR) is 32.7 cm³/mol. The summed E-state index contributed by atoms with van der Waals surface area (Å²) in [5, 5.41) is 0. The van der Waals surface area contributed by atoms with Crippen LogP contribution in [0.2, 0.25) is 19.1 Å². The van der Waals surface area contributed by atoms with E-state index in [4.69, 9.17) is 4.74 Å². The zero-order valence-corrected chi connectivity index (χ0v) is 6.31. The molecule has 8 heavy (non-hydrogen) atoms. The van der Waals surface area contributed by atoms with Gasteiger partial charge >= 0.3 is 0 Å². The molecule has 1 radical (unpaired) electrons. The Kier molecular flexibility index (Phi) is 1.43. The molecule has 1 heterocycles. The molecule has 47 valence electrons. The molecule has 2 nitrogen and oxygen atoms in total. The van der Waals surface area contributed by atoms with Crippen LogP contribution in [0.1, 0.15) is 0 Å². The molecule has 0 N–H and O–H groups in total. The first-order chi connectivity index (χ1) is 3.58. The molecule has 1 aliphatic heterocycles. The summed E-state index contributed by atoms with van der Waals surface area (Å²) in [5.41, 5.74) is 0. The van der Waals surface area contributed by atoms with Crippen LogP contribution in [-0.2, 0) is 9.53 Å². The predicted octanol–water partition coefficient (Wildman–Crippen LogP) is 1.02. The van der Waals surface area contributed by atoms with Crippen LogP contribution in [0.15, 0.2) is 0 Å². The third-order valence-corrected chi connectivity index (χ3v) is 2.56. The van der Waals surface area contributed by atoms with E-state index in [1.807, 2.05) is 13.1 Å². The highest BCUT2D eigenvalue weighted by Crippen LogP contribution is 2.20. The number of hydrogen-bond donors (Lipinski definition) is 0. The minimum Gasteiger partial charge on any atom is -0.373 e. The molecule has 0 aromatic rings. The quantitative estimate of drug-likeness (QED) is 0.407. The summed E-state index contributed by atoms with van der Waals surface area (Å²) >= 11 is 0. The number of rotatable bonds is 2. The first kappa shape index (κ1) is 6.26. The lowest BCUT2D eigenvalue weighted by Gasteiger charge is -2.06. The first-order valence-electron chi connectivity index (χ1n) is 2.90. The van der Waals surface area contributed by atoms with Crippen molar-refractivity contribution in [3.8, 4) is 0 Å². The van der Waals surface area contributed by atoms with Crippen LogP contribution in [0.4, 0.5) is 0 Å². The molecule has 0 aliphatic carbocycles. The van der Waals surface area contributed by atoms with Crippen LogP contribution in [0, 0.1) is 0 Å². The highest BCUT2D eigenvalue weighted by molar-refractivity contribution is 6.69. The van der Waals surface area contributed by atoms with Gasteiger partial charge in [-0.2, -0.15) is 0 Å². The van der Waals surface area contributed by atoms with Gasteiger partial charge in [0.25, 0.3) is 0 Å². The van der Waals surface area contributed by atoms with E-state index in [9.17, 15) is 4.80 Å². The molecule has 1 fully saturated rings. The molecule has 0 aromatic heterocycles. The van der Waals surface area contributed by atoms with Gasteiger partial charge < -0.3 is 4.74 Å². The van der Waals surface area contributed by atoms with Crippen molar-refractivity contribution in [2.75, 3.05) is 6.61 Å². The molecular formula is C5H11O2Si. The Balaban J connectivity index is 2.16. The SMILES string of the molecule is C[Si](C)([O])CC1CO1. The van der Waals surface area contributed by atoms with Gasteiger partial charge in [0.15, 0.2) is 0 Å². The van der Waals surface area contributed by atoms with Gasteiger partial charge in [0.2, 0.25) is 8.32 Å². The average Bonchev–Trinajstić information content (AvgIpc) is 2.12.